The number of thiocarbonyl (C=S) groups is 1. The van der Waals surface area contributed by atoms with E-state index in [4.69, 9.17) is 44.9 Å². The van der Waals surface area contributed by atoms with Crippen molar-refractivity contribution in [1.82, 2.24) is 9.80 Å². The van der Waals surface area contributed by atoms with Crippen LogP contribution in [0.15, 0.2) is 36.4 Å². The van der Waals surface area contributed by atoms with Gasteiger partial charge in [0.05, 0.1) is 5.02 Å². The first kappa shape index (κ1) is 20.6. The number of thiophene rings is 1. The van der Waals surface area contributed by atoms with Crippen LogP contribution in [0.5, 0.6) is 11.5 Å². The van der Waals surface area contributed by atoms with Crippen molar-refractivity contribution in [1.29, 1.82) is 0 Å². The zero-order valence-electron chi connectivity index (χ0n) is 16.2. The summed E-state index contributed by atoms with van der Waals surface area (Å²) in [5.41, 5.74) is 0.837. The van der Waals surface area contributed by atoms with Gasteiger partial charge >= 0.3 is 0 Å². The molecule has 31 heavy (non-hydrogen) atoms. The number of fused-ring (bicyclic) bond motifs is 2. The molecule has 1 amide bonds. The largest absolute Gasteiger partial charge is 0.454 e. The molecular weight excluding hydrogens is 477 g/mol. The van der Waals surface area contributed by atoms with Crippen LogP contribution in [0.3, 0.4) is 0 Å². The first-order valence-corrected chi connectivity index (χ1v) is 11.6. The fourth-order valence-corrected chi connectivity index (χ4v) is 5.67. The van der Waals surface area contributed by atoms with Crippen LogP contribution in [0, 0.1) is 0 Å². The number of nitrogens with one attached hydrogen (secondary N) is 1. The fourth-order valence-electron chi connectivity index (χ4n) is 3.61. The van der Waals surface area contributed by atoms with Gasteiger partial charge in [-0.3, -0.25) is 4.79 Å². The van der Waals surface area contributed by atoms with Crippen LogP contribution in [0.2, 0.25) is 10.0 Å². The minimum atomic E-state index is -0.0587. The van der Waals surface area contributed by atoms with Gasteiger partial charge < -0.3 is 24.6 Å². The van der Waals surface area contributed by atoms with Gasteiger partial charge in [0.1, 0.15) is 4.88 Å². The van der Waals surface area contributed by atoms with Crippen LogP contribution in [0.25, 0.3) is 10.1 Å². The van der Waals surface area contributed by atoms with E-state index in [0.717, 1.165) is 21.5 Å². The van der Waals surface area contributed by atoms with Gasteiger partial charge in [0, 0.05) is 53.0 Å². The molecule has 1 N–H and O–H groups in total. The standard InChI is InChI=1S/C21H17Cl2N3O3S2/c22-12-1-3-14-17(9-12)31-19(18(14)23)20(27)25-5-7-26(8-6-25)21(30)24-13-2-4-15-16(10-13)29-11-28-15/h1-4,9-10H,5-8,11H2,(H,24,30). The Kier molecular flexibility index (Phi) is 5.56. The first-order valence-electron chi connectivity index (χ1n) is 9.62. The van der Waals surface area contributed by atoms with E-state index in [-0.39, 0.29) is 12.7 Å². The number of benzene rings is 2. The Hall–Kier alpha value is -2.26. The Labute approximate surface area is 198 Å². The van der Waals surface area contributed by atoms with E-state index in [0.29, 0.717) is 52.0 Å². The summed E-state index contributed by atoms with van der Waals surface area (Å²) in [6, 6.07) is 11.1. The molecule has 0 radical (unpaired) electrons. The van der Waals surface area contributed by atoms with Crippen molar-refractivity contribution in [3.05, 3.63) is 51.3 Å². The summed E-state index contributed by atoms with van der Waals surface area (Å²) >= 11 is 19.5. The van der Waals surface area contributed by atoms with Crippen molar-refractivity contribution in [2.75, 3.05) is 38.3 Å². The Morgan fingerprint density at radius 2 is 1.74 bits per heavy atom. The lowest BCUT2D eigenvalue weighted by atomic mass is 10.2. The molecule has 1 saturated heterocycles. The van der Waals surface area contributed by atoms with Gasteiger partial charge in [-0.1, -0.05) is 29.3 Å². The minimum absolute atomic E-state index is 0.0587. The van der Waals surface area contributed by atoms with Crippen LogP contribution in [0.1, 0.15) is 9.67 Å². The molecular formula is C21H17Cl2N3O3S2. The second-order valence-electron chi connectivity index (χ2n) is 7.16. The van der Waals surface area contributed by atoms with Crippen LogP contribution >= 0.6 is 46.8 Å². The number of anilines is 1. The van der Waals surface area contributed by atoms with Crippen molar-refractivity contribution >= 4 is 73.5 Å². The monoisotopic (exact) mass is 493 g/mol. The summed E-state index contributed by atoms with van der Waals surface area (Å²) in [5, 5.41) is 5.82. The average molecular weight is 494 g/mol. The Morgan fingerprint density at radius 1 is 1.00 bits per heavy atom. The second-order valence-corrected chi connectivity index (χ2v) is 9.42. The molecule has 2 aromatic carbocycles. The molecule has 2 aliphatic heterocycles. The molecule has 2 aliphatic rings. The predicted molar refractivity (Wildman–Crippen MR) is 128 cm³/mol. The van der Waals surface area contributed by atoms with E-state index in [9.17, 15) is 4.79 Å². The Bertz CT molecular complexity index is 1190. The number of ether oxygens (including phenoxy) is 2. The highest BCUT2D eigenvalue weighted by atomic mass is 35.5. The maximum absolute atomic E-state index is 13.1. The topological polar surface area (TPSA) is 54.0 Å². The van der Waals surface area contributed by atoms with Gasteiger partial charge in [0.25, 0.3) is 5.91 Å². The van der Waals surface area contributed by atoms with E-state index in [1.54, 1.807) is 6.07 Å². The summed E-state index contributed by atoms with van der Waals surface area (Å²) in [7, 11) is 0. The van der Waals surface area contributed by atoms with E-state index in [2.05, 4.69) is 10.2 Å². The molecule has 0 bridgehead atoms. The third kappa shape index (κ3) is 4.01. The molecule has 0 atom stereocenters. The minimum Gasteiger partial charge on any atom is -0.454 e. The number of carbonyl (C=O) groups excluding carboxylic acids is 1. The van der Waals surface area contributed by atoms with Gasteiger partial charge in [-0.05, 0) is 36.5 Å². The number of piperazine rings is 1. The number of rotatable bonds is 2. The Morgan fingerprint density at radius 3 is 2.55 bits per heavy atom. The summed E-state index contributed by atoms with van der Waals surface area (Å²) in [6.45, 7) is 2.63. The third-order valence-electron chi connectivity index (χ3n) is 5.26. The smallest absolute Gasteiger partial charge is 0.265 e. The van der Waals surface area contributed by atoms with Gasteiger partial charge in [0.2, 0.25) is 6.79 Å². The lowest BCUT2D eigenvalue weighted by molar-refractivity contribution is 0.0698. The number of carbonyl (C=O) groups is 1. The molecule has 0 aliphatic carbocycles. The lowest BCUT2D eigenvalue weighted by Gasteiger charge is -2.36. The maximum Gasteiger partial charge on any atom is 0.265 e. The first-order chi connectivity index (χ1) is 15.0. The molecule has 3 heterocycles. The van der Waals surface area contributed by atoms with Crippen LogP contribution in [-0.2, 0) is 0 Å². The van der Waals surface area contributed by atoms with Gasteiger partial charge in [-0.15, -0.1) is 11.3 Å². The normalized spacial score (nSPS) is 15.4. The quantitative estimate of drug-likeness (QED) is 0.501. The molecule has 1 fully saturated rings. The van der Waals surface area contributed by atoms with E-state index >= 15 is 0 Å². The van der Waals surface area contributed by atoms with Gasteiger partial charge in [-0.25, -0.2) is 0 Å². The Balaban J connectivity index is 1.22. The van der Waals surface area contributed by atoms with Gasteiger partial charge in [-0.2, -0.15) is 0 Å². The van der Waals surface area contributed by atoms with Crippen molar-refractivity contribution in [2.24, 2.45) is 0 Å². The number of hydrogen-bond acceptors (Lipinski definition) is 5. The van der Waals surface area contributed by atoms with E-state index in [1.165, 1.54) is 11.3 Å². The molecule has 0 unspecified atom stereocenters. The lowest BCUT2D eigenvalue weighted by Crippen LogP contribution is -2.51. The van der Waals surface area contributed by atoms with Crippen molar-refractivity contribution in [3.8, 4) is 11.5 Å². The fraction of sp³-hybridized carbons (Fsp3) is 0.238. The van der Waals surface area contributed by atoms with Crippen molar-refractivity contribution in [2.45, 2.75) is 0 Å². The van der Waals surface area contributed by atoms with Crippen molar-refractivity contribution < 1.29 is 14.3 Å². The predicted octanol–water partition coefficient (Wildman–Crippen LogP) is 5.09. The number of halogens is 2. The van der Waals surface area contributed by atoms with Crippen LogP contribution in [-0.4, -0.2) is 53.8 Å². The molecule has 5 rings (SSSR count). The highest BCUT2D eigenvalue weighted by Gasteiger charge is 2.27. The highest BCUT2D eigenvalue weighted by Crippen LogP contribution is 2.37. The van der Waals surface area contributed by atoms with Crippen molar-refractivity contribution in [3.63, 3.8) is 0 Å². The third-order valence-corrected chi connectivity index (χ3v) is 7.50. The summed E-state index contributed by atoms with van der Waals surface area (Å²) in [5.74, 6) is 1.37. The summed E-state index contributed by atoms with van der Waals surface area (Å²) < 4.78 is 11.6. The van der Waals surface area contributed by atoms with Crippen LogP contribution < -0.4 is 14.8 Å². The molecule has 0 saturated carbocycles. The number of amides is 1. The maximum atomic E-state index is 13.1. The SMILES string of the molecule is O=C(c1sc2cc(Cl)ccc2c1Cl)N1CCN(C(=S)Nc2ccc3c(c2)OCO3)CC1. The number of nitrogens with zero attached hydrogens (tertiary/aromatic N) is 2. The summed E-state index contributed by atoms with van der Waals surface area (Å²) in [6.07, 6.45) is 0. The van der Waals surface area contributed by atoms with Gasteiger partial charge in [0.15, 0.2) is 16.6 Å². The van der Waals surface area contributed by atoms with E-state index < -0.39 is 0 Å². The number of hydrogen-bond donors (Lipinski definition) is 1. The molecule has 1 aromatic heterocycles. The molecule has 0 spiro atoms. The second kappa shape index (κ2) is 8.35. The summed E-state index contributed by atoms with van der Waals surface area (Å²) in [4.78, 5) is 17.5. The van der Waals surface area contributed by atoms with Crippen LogP contribution in [0.4, 0.5) is 5.69 Å². The molecule has 10 heteroatoms. The molecule has 3 aromatic rings. The molecule has 160 valence electrons. The molecule has 6 nitrogen and oxygen atoms in total. The average Bonchev–Trinajstić information content (AvgIpc) is 3.37. The van der Waals surface area contributed by atoms with E-state index in [1.807, 2.05) is 35.2 Å². The highest BCUT2D eigenvalue weighted by molar-refractivity contribution is 7.80. The zero-order valence-corrected chi connectivity index (χ0v) is 19.3. The zero-order chi connectivity index (χ0) is 21.5.